The molecule has 2 atom stereocenters. The van der Waals surface area contributed by atoms with Gasteiger partial charge in [0.25, 0.3) is 5.91 Å². The summed E-state index contributed by atoms with van der Waals surface area (Å²) < 4.78 is 0. The minimum atomic E-state index is -0.418. The smallest absolute Gasteiger partial charge is 0.254 e. The predicted molar refractivity (Wildman–Crippen MR) is 123 cm³/mol. The first-order chi connectivity index (χ1) is 14.6. The molecule has 4 rings (SSSR count). The van der Waals surface area contributed by atoms with Crippen LogP contribution in [0.2, 0.25) is 0 Å². The molecule has 6 heteroatoms. The number of fused-ring (bicyclic) bond motifs is 1. The lowest BCUT2D eigenvalue weighted by Gasteiger charge is -2.42. The van der Waals surface area contributed by atoms with Crippen molar-refractivity contribution in [3.63, 3.8) is 0 Å². The van der Waals surface area contributed by atoms with Crippen LogP contribution in [0.3, 0.4) is 0 Å². The molecular formula is C24H26N2O2S2. The van der Waals surface area contributed by atoms with Gasteiger partial charge in [0, 0.05) is 23.5 Å². The third-order valence-corrected chi connectivity index (χ3v) is 7.09. The third kappa shape index (κ3) is 4.20. The average Bonchev–Trinajstić information content (AvgIpc) is 3.43. The van der Waals surface area contributed by atoms with Crippen LogP contribution >= 0.6 is 22.7 Å². The van der Waals surface area contributed by atoms with Gasteiger partial charge in [0.15, 0.2) is 0 Å². The lowest BCUT2D eigenvalue weighted by Crippen LogP contribution is -2.48. The topological polar surface area (TPSA) is 49.4 Å². The van der Waals surface area contributed by atoms with Gasteiger partial charge in [-0.2, -0.15) is 11.3 Å². The Labute approximate surface area is 185 Å². The maximum Gasteiger partial charge on any atom is 0.254 e. The summed E-state index contributed by atoms with van der Waals surface area (Å²) in [4.78, 5) is 29.8. The van der Waals surface area contributed by atoms with Crippen LogP contribution < -0.4 is 5.32 Å². The van der Waals surface area contributed by atoms with Gasteiger partial charge < -0.3 is 10.2 Å². The average molecular weight is 439 g/mol. The maximum atomic E-state index is 13.5. The highest BCUT2D eigenvalue weighted by Crippen LogP contribution is 2.44. The Kier molecular flexibility index (Phi) is 6.35. The van der Waals surface area contributed by atoms with Gasteiger partial charge in [-0.15, -0.1) is 11.3 Å². The normalized spacial score (nSPS) is 18.5. The van der Waals surface area contributed by atoms with Crippen molar-refractivity contribution in [2.24, 2.45) is 5.92 Å². The van der Waals surface area contributed by atoms with E-state index in [0.29, 0.717) is 24.6 Å². The van der Waals surface area contributed by atoms with Crippen molar-refractivity contribution in [2.75, 3.05) is 13.1 Å². The van der Waals surface area contributed by atoms with Gasteiger partial charge in [0.2, 0.25) is 5.91 Å². The van der Waals surface area contributed by atoms with Crippen LogP contribution in [-0.4, -0.2) is 29.8 Å². The van der Waals surface area contributed by atoms with Crippen molar-refractivity contribution in [2.45, 2.75) is 32.2 Å². The fourth-order valence-corrected chi connectivity index (χ4v) is 5.70. The maximum absolute atomic E-state index is 13.5. The summed E-state index contributed by atoms with van der Waals surface area (Å²) in [5.74, 6) is -0.111. The molecule has 3 heterocycles. The molecule has 0 bridgehead atoms. The highest BCUT2D eigenvalue weighted by molar-refractivity contribution is 7.10. The summed E-state index contributed by atoms with van der Waals surface area (Å²) in [6.45, 7) is 5.42. The van der Waals surface area contributed by atoms with Gasteiger partial charge in [-0.05, 0) is 57.8 Å². The number of rotatable bonds is 7. The van der Waals surface area contributed by atoms with E-state index in [1.807, 2.05) is 46.7 Å². The van der Waals surface area contributed by atoms with Gasteiger partial charge in [-0.25, -0.2) is 0 Å². The minimum Gasteiger partial charge on any atom is -0.355 e. The number of carbonyl (C=O) groups is 2. The Morgan fingerprint density at radius 1 is 1.13 bits per heavy atom. The van der Waals surface area contributed by atoms with Crippen molar-refractivity contribution in [1.82, 2.24) is 10.2 Å². The molecule has 3 aromatic rings. The first-order valence-electron chi connectivity index (χ1n) is 10.3. The van der Waals surface area contributed by atoms with Crippen LogP contribution in [0.25, 0.3) is 0 Å². The number of hydrogen-bond donors (Lipinski definition) is 1. The lowest BCUT2D eigenvalue weighted by molar-refractivity contribution is -0.124. The van der Waals surface area contributed by atoms with Gasteiger partial charge in [0.1, 0.15) is 0 Å². The van der Waals surface area contributed by atoms with Crippen molar-refractivity contribution < 1.29 is 9.59 Å². The Morgan fingerprint density at radius 2 is 1.97 bits per heavy atom. The Bertz CT molecular complexity index is 996. The molecule has 0 saturated carbocycles. The van der Waals surface area contributed by atoms with Crippen LogP contribution in [0, 0.1) is 5.92 Å². The van der Waals surface area contributed by atoms with E-state index in [1.165, 1.54) is 5.56 Å². The molecular weight excluding hydrogens is 412 g/mol. The number of amides is 2. The first-order valence-corrected chi connectivity index (χ1v) is 12.1. The van der Waals surface area contributed by atoms with E-state index in [1.54, 1.807) is 22.7 Å². The van der Waals surface area contributed by atoms with Crippen LogP contribution in [0.15, 0.2) is 58.6 Å². The fraction of sp³-hybridized carbons (Fsp3) is 0.333. The van der Waals surface area contributed by atoms with E-state index in [9.17, 15) is 9.59 Å². The van der Waals surface area contributed by atoms with E-state index >= 15 is 0 Å². The first kappa shape index (κ1) is 20.8. The van der Waals surface area contributed by atoms with Gasteiger partial charge in [-0.3, -0.25) is 9.59 Å². The SMILES string of the molecule is CC(C)CN1C(=O)c2ccccc2C(C(=O)NCCc2ccsc2)C1c1cccs1. The molecule has 156 valence electrons. The second-order valence-electron chi connectivity index (χ2n) is 8.05. The summed E-state index contributed by atoms with van der Waals surface area (Å²) in [6, 6.07) is 13.4. The molecule has 1 aliphatic heterocycles. The summed E-state index contributed by atoms with van der Waals surface area (Å²) in [5, 5.41) is 9.32. The molecule has 0 aliphatic carbocycles. The zero-order chi connectivity index (χ0) is 21.1. The number of nitrogens with zero attached hydrogens (tertiary/aromatic N) is 1. The molecule has 1 aliphatic rings. The Morgan fingerprint density at radius 3 is 2.67 bits per heavy atom. The molecule has 1 aromatic carbocycles. The minimum absolute atomic E-state index is 0.0139. The van der Waals surface area contributed by atoms with Crippen LogP contribution in [0.5, 0.6) is 0 Å². The van der Waals surface area contributed by atoms with E-state index in [2.05, 4.69) is 36.0 Å². The quantitative estimate of drug-likeness (QED) is 0.558. The highest BCUT2D eigenvalue weighted by atomic mass is 32.1. The molecule has 0 saturated heterocycles. The molecule has 0 fully saturated rings. The molecule has 0 radical (unpaired) electrons. The molecule has 30 heavy (non-hydrogen) atoms. The molecule has 1 N–H and O–H groups in total. The summed E-state index contributed by atoms with van der Waals surface area (Å²) >= 11 is 3.27. The summed E-state index contributed by atoms with van der Waals surface area (Å²) in [7, 11) is 0. The molecule has 2 unspecified atom stereocenters. The van der Waals surface area contributed by atoms with Crippen molar-refractivity contribution in [1.29, 1.82) is 0 Å². The summed E-state index contributed by atoms with van der Waals surface area (Å²) in [5.41, 5.74) is 2.70. The fourth-order valence-electron chi connectivity index (χ4n) is 4.12. The third-order valence-electron chi connectivity index (χ3n) is 5.41. The number of nitrogens with one attached hydrogen (secondary N) is 1. The number of hydrogen-bond acceptors (Lipinski definition) is 4. The largest absolute Gasteiger partial charge is 0.355 e. The van der Waals surface area contributed by atoms with Gasteiger partial charge >= 0.3 is 0 Å². The van der Waals surface area contributed by atoms with E-state index in [4.69, 9.17) is 0 Å². The molecule has 4 nitrogen and oxygen atoms in total. The van der Waals surface area contributed by atoms with Crippen LogP contribution in [0.1, 0.15) is 52.2 Å². The number of carbonyl (C=O) groups excluding carboxylic acids is 2. The monoisotopic (exact) mass is 438 g/mol. The molecule has 2 aromatic heterocycles. The molecule has 2 amide bonds. The zero-order valence-electron chi connectivity index (χ0n) is 17.2. The second kappa shape index (κ2) is 9.14. The van der Waals surface area contributed by atoms with Crippen molar-refractivity contribution >= 4 is 34.5 Å². The second-order valence-corrected chi connectivity index (χ2v) is 9.81. The van der Waals surface area contributed by atoms with Crippen LogP contribution in [0.4, 0.5) is 0 Å². The van der Waals surface area contributed by atoms with Gasteiger partial charge in [0.05, 0.1) is 12.0 Å². The van der Waals surface area contributed by atoms with E-state index in [-0.39, 0.29) is 17.9 Å². The summed E-state index contributed by atoms with van der Waals surface area (Å²) in [6.07, 6.45) is 0.807. The Balaban J connectivity index is 1.69. The standard InChI is InChI=1S/C24H26N2O2S2/c1-16(2)14-26-22(20-8-5-12-30-20)21(18-6-3-4-7-19(18)24(26)28)23(27)25-11-9-17-10-13-29-15-17/h3-8,10,12-13,15-16,21-22H,9,11,14H2,1-2H3,(H,25,27). The molecule has 0 spiro atoms. The lowest BCUT2D eigenvalue weighted by atomic mass is 9.81. The van der Waals surface area contributed by atoms with E-state index in [0.717, 1.165) is 16.9 Å². The number of benzene rings is 1. The highest BCUT2D eigenvalue weighted by Gasteiger charge is 2.44. The van der Waals surface area contributed by atoms with E-state index < -0.39 is 5.92 Å². The zero-order valence-corrected chi connectivity index (χ0v) is 18.8. The number of thiophene rings is 2. The van der Waals surface area contributed by atoms with Gasteiger partial charge in [-0.1, -0.05) is 38.1 Å². The van der Waals surface area contributed by atoms with Crippen LogP contribution in [-0.2, 0) is 11.2 Å². The predicted octanol–water partition coefficient (Wildman–Crippen LogP) is 5.11. The van der Waals surface area contributed by atoms with Crippen molar-refractivity contribution in [3.8, 4) is 0 Å². The Hall–Kier alpha value is -2.44. The van der Waals surface area contributed by atoms with Crippen molar-refractivity contribution in [3.05, 3.63) is 80.2 Å².